The van der Waals surface area contributed by atoms with Crippen molar-refractivity contribution in [3.63, 3.8) is 0 Å². The number of hydrogen-bond donors (Lipinski definition) is 2. The third-order valence-electron chi connectivity index (χ3n) is 4.35. The molecular formula is C13H19F3N2O4. The minimum Gasteiger partial charge on any atom is -0.475 e. The van der Waals surface area contributed by atoms with Crippen LogP contribution in [0, 0.1) is 11.3 Å². The molecule has 0 aromatic heterocycles. The van der Waals surface area contributed by atoms with Gasteiger partial charge in [0.25, 0.3) is 0 Å². The molecule has 3 aliphatic rings. The number of fused-ring (bicyclic) bond motifs is 1. The zero-order valence-corrected chi connectivity index (χ0v) is 12.0. The molecule has 3 fully saturated rings. The van der Waals surface area contributed by atoms with Crippen LogP contribution in [0.1, 0.15) is 12.8 Å². The molecule has 0 aromatic rings. The Bertz CT molecular complexity index is 425. The zero-order chi connectivity index (χ0) is 16.4. The van der Waals surface area contributed by atoms with Crippen molar-refractivity contribution in [2.24, 2.45) is 11.3 Å². The van der Waals surface area contributed by atoms with Gasteiger partial charge in [0, 0.05) is 32.1 Å². The molecule has 3 saturated heterocycles. The number of amides is 1. The van der Waals surface area contributed by atoms with Crippen LogP contribution in [-0.2, 0) is 14.3 Å². The predicted molar refractivity (Wildman–Crippen MR) is 69.1 cm³/mol. The molecule has 0 saturated carbocycles. The Morgan fingerprint density at radius 2 is 1.86 bits per heavy atom. The summed E-state index contributed by atoms with van der Waals surface area (Å²) in [4.78, 5) is 23.4. The first-order valence-corrected chi connectivity index (χ1v) is 7.15. The molecule has 1 amide bonds. The minimum absolute atomic E-state index is 0.218. The topological polar surface area (TPSA) is 78.9 Å². The van der Waals surface area contributed by atoms with Gasteiger partial charge in [-0.05, 0) is 12.8 Å². The Balaban J connectivity index is 0.000000217. The van der Waals surface area contributed by atoms with Crippen LogP contribution in [0.25, 0.3) is 0 Å². The maximum Gasteiger partial charge on any atom is 0.490 e. The quantitative estimate of drug-likeness (QED) is 0.733. The molecule has 9 heteroatoms. The highest BCUT2D eigenvalue weighted by molar-refractivity contribution is 5.84. The Labute approximate surface area is 125 Å². The largest absolute Gasteiger partial charge is 0.490 e. The van der Waals surface area contributed by atoms with Gasteiger partial charge < -0.3 is 20.1 Å². The molecule has 6 nitrogen and oxygen atoms in total. The number of likely N-dealkylation sites (tertiary alicyclic amines) is 1. The lowest BCUT2D eigenvalue weighted by molar-refractivity contribution is -0.192. The summed E-state index contributed by atoms with van der Waals surface area (Å²) in [5.41, 5.74) is -0.218. The van der Waals surface area contributed by atoms with Gasteiger partial charge in [0.1, 0.15) is 0 Å². The van der Waals surface area contributed by atoms with Crippen molar-refractivity contribution < 1.29 is 32.6 Å². The second kappa shape index (κ2) is 6.41. The maximum atomic E-state index is 12.5. The molecule has 2 N–H and O–H groups in total. The molecule has 22 heavy (non-hydrogen) atoms. The third kappa shape index (κ3) is 3.35. The second-order valence-corrected chi connectivity index (χ2v) is 5.80. The number of nitrogens with zero attached hydrogens (tertiary/aromatic N) is 1. The molecule has 3 aliphatic heterocycles. The number of carbonyl (C=O) groups excluding carboxylic acids is 1. The molecule has 0 radical (unpaired) electrons. The lowest BCUT2D eigenvalue weighted by Crippen LogP contribution is -2.47. The Morgan fingerprint density at radius 1 is 1.27 bits per heavy atom. The number of alkyl halides is 3. The average Bonchev–Trinajstić information content (AvgIpc) is 3.14. The second-order valence-electron chi connectivity index (χ2n) is 5.80. The van der Waals surface area contributed by atoms with Crippen molar-refractivity contribution in [3.8, 4) is 0 Å². The zero-order valence-electron chi connectivity index (χ0n) is 12.0. The van der Waals surface area contributed by atoms with E-state index in [1.165, 1.54) is 12.8 Å². The van der Waals surface area contributed by atoms with Crippen LogP contribution >= 0.6 is 0 Å². The molecule has 3 heterocycles. The van der Waals surface area contributed by atoms with Crippen LogP contribution in [-0.4, -0.2) is 67.5 Å². The standard InChI is InChI=1S/C11H18N2O2.C2HF3O2/c14-10(13-3-1-2-4-13)11-7-12-5-9(11)6-15-8-11;3-2(4,5)1(6)7/h9,12H,1-8H2;(H,6,7)/t9-,11-;/m0./s1. The van der Waals surface area contributed by atoms with Gasteiger partial charge in [0.05, 0.1) is 18.6 Å². The molecule has 2 atom stereocenters. The van der Waals surface area contributed by atoms with E-state index in [9.17, 15) is 18.0 Å². The molecule has 126 valence electrons. The highest BCUT2D eigenvalue weighted by atomic mass is 19.4. The van der Waals surface area contributed by atoms with E-state index in [2.05, 4.69) is 5.32 Å². The number of hydrogen-bond acceptors (Lipinski definition) is 4. The van der Waals surface area contributed by atoms with Gasteiger partial charge in [-0.3, -0.25) is 4.79 Å². The smallest absolute Gasteiger partial charge is 0.475 e. The summed E-state index contributed by atoms with van der Waals surface area (Å²) in [7, 11) is 0. The van der Waals surface area contributed by atoms with Crippen LogP contribution in [0.4, 0.5) is 13.2 Å². The van der Waals surface area contributed by atoms with Gasteiger partial charge in [-0.1, -0.05) is 0 Å². The van der Waals surface area contributed by atoms with Gasteiger partial charge in [-0.2, -0.15) is 13.2 Å². The monoisotopic (exact) mass is 324 g/mol. The van der Waals surface area contributed by atoms with Crippen LogP contribution < -0.4 is 5.32 Å². The van der Waals surface area contributed by atoms with Gasteiger partial charge >= 0.3 is 12.1 Å². The van der Waals surface area contributed by atoms with E-state index in [1.807, 2.05) is 4.90 Å². The average molecular weight is 324 g/mol. The molecule has 0 spiro atoms. The first-order chi connectivity index (χ1) is 10.3. The first kappa shape index (κ1) is 17.0. The van der Waals surface area contributed by atoms with E-state index in [0.29, 0.717) is 18.4 Å². The fraction of sp³-hybridized carbons (Fsp3) is 0.846. The van der Waals surface area contributed by atoms with Crippen molar-refractivity contribution in [3.05, 3.63) is 0 Å². The van der Waals surface area contributed by atoms with E-state index >= 15 is 0 Å². The van der Waals surface area contributed by atoms with Crippen molar-refractivity contribution >= 4 is 11.9 Å². The predicted octanol–water partition coefficient (Wildman–Crippen LogP) is 0.478. The lowest BCUT2D eigenvalue weighted by Gasteiger charge is -2.30. The number of nitrogens with one attached hydrogen (secondary N) is 1. The van der Waals surface area contributed by atoms with Gasteiger partial charge in [0.2, 0.25) is 5.91 Å². The van der Waals surface area contributed by atoms with E-state index in [-0.39, 0.29) is 5.41 Å². The molecule has 0 aliphatic carbocycles. The van der Waals surface area contributed by atoms with E-state index < -0.39 is 12.1 Å². The SMILES string of the molecule is O=C(N1CCCC1)[C@]12CNC[C@H]1COC2.O=C(O)C(F)(F)F. The molecular weight excluding hydrogens is 305 g/mol. The van der Waals surface area contributed by atoms with E-state index in [1.54, 1.807) is 0 Å². The van der Waals surface area contributed by atoms with E-state index in [0.717, 1.165) is 32.8 Å². The number of carboxylic acids is 1. The number of rotatable bonds is 1. The number of carbonyl (C=O) groups is 2. The molecule has 0 bridgehead atoms. The summed E-state index contributed by atoms with van der Waals surface area (Å²) in [5, 5.41) is 10.5. The lowest BCUT2D eigenvalue weighted by atomic mass is 9.79. The van der Waals surface area contributed by atoms with Gasteiger partial charge in [0.15, 0.2) is 0 Å². The molecule has 0 aromatic carbocycles. The summed E-state index contributed by atoms with van der Waals surface area (Å²) in [6.07, 6.45) is -2.75. The van der Waals surface area contributed by atoms with Crippen LogP contribution in [0.3, 0.4) is 0 Å². The number of carboxylic acid groups (broad SMARTS) is 1. The van der Waals surface area contributed by atoms with E-state index in [4.69, 9.17) is 14.6 Å². The fourth-order valence-corrected chi connectivity index (χ4v) is 3.13. The number of aliphatic carboxylic acids is 1. The Morgan fingerprint density at radius 3 is 2.41 bits per heavy atom. The van der Waals surface area contributed by atoms with Gasteiger partial charge in [-0.15, -0.1) is 0 Å². The maximum absolute atomic E-state index is 12.5. The third-order valence-corrected chi connectivity index (χ3v) is 4.35. The van der Waals surface area contributed by atoms with Crippen molar-refractivity contribution in [1.29, 1.82) is 0 Å². The van der Waals surface area contributed by atoms with Crippen LogP contribution in [0.5, 0.6) is 0 Å². The van der Waals surface area contributed by atoms with Crippen molar-refractivity contribution in [1.82, 2.24) is 10.2 Å². The number of ether oxygens (including phenoxy) is 1. The fourth-order valence-electron chi connectivity index (χ4n) is 3.13. The first-order valence-electron chi connectivity index (χ1n) is 7.15. The van der Waals surface area contributed by atoms with Crippen molar-refractivity contribution in [2.75, 3.05) is 39.4 Å². The minimum atomic E-state index is -5.08. The summed E-state index contributed by atoms with van der Waals surface area (Å²) in [5.74, 6) is -2.01. The summed E-state index contributed by atoms with van der Waals surface area (Å²) >= 11 is 0. The Hall–Kier alpha value is -1.35. The normalized spacial score (nSPS) is 30.7. The highest BCUT2D eigenvalue weighted by Crippen LogP contribution is 2.39. The molecule has 0 unspecified atom stereocenters. The van der Waals surface area contributed by atoms with Crippen molar-refractivity contribution in [2.45, 2.75) is 19.0 Å². The van der Waals surface area contributed by atoms with Crippen LogP contribution in [0.15, 0.2) is 0 Å². The highest BCUT2D eigenvalue weighted by Gasteiger charge is 2.54. The number of halogens is 3. The summed E-state index contributed by atoms with van der Waals surface area (Å²) in [6.45, 7) is 5.04. The summed E-state index contributed by atoms with van der Waals surface area (Å²) < 4.78 is 37.2. The molecule has 3 rings (SSSR count). The Kier molecular flexibility index (Phi) is 4.96. The van der Waals surface area contributed by atoms with Crippen LogP contribution in [0.2, 0.25) is 0 Å². The summed E-state index contributed by atoms with van der Waals surface area (Å²) in [6, 6.07) is 0. The van der Waals surface area contributed by atoms with Gasteiger partial charge in [-0.25, -0.2) is 4.79 Å².